The lowest BCUT2D eigenvalue weighted by atomic mass is 9.77. The number of hydrogen-bond acceptors (Lipinski definition) is 13. The Kier molecular flexibility index (Phi) is 15.4. The first-order valence-corrected chi connectivity index (χ1v) is 24.1. The van der Waals surface area contributed by atoms with Crippen LogP contribution in [-0.4, -0.2) is 186 Å². The number of imide groups is 2. The van der Waals surface area contributed by atoms with Gasteiger partial charge in [0.2, 0.25) is 11.8 Å². The van der Waals surface area contributed by atoms with Crippen molar-refractivity contribution < 1.29 is 52.9 Å². The van der Waals surface area contributed by atoms with E-state index in [9.17, 15) is 43.5 Å². The minimum absolute atomic E-state index is 0.186. The second-order valence-corrected chi connectivity index (χ2v) is 20.2. The van der Waals surface area contributed by atoms with Crippen LogP contribution in [-0.2, 0) is 28.7 Å². The summed E-state index contributed by atoms with van der Waals surface area (Å²) in [5.41, 5.74) is -0.541. The first-order chi connectivity index (χ1) is 31.5. The van der Waals surface area contributed by atoms with E-state index in [0.717, 1.165) is 58.7 Å². The number of likely N-dealkylation sites (tertiary alicyclic amines) is 3. The van der Waals surface area contributed by atoms with Crippen molar-refractivity contribution in [1.29, 1.82) is 0 Å². The molecule has 6 aliphatic rings. The van der Waals surface area contributed by atoms with Gasteiger partial charge in [-0.3, -0.25) is 14.4 Å². The molecule has 66 heavy (non-hydrogen) atoms. The number of carbonyl (C=O) groups excluding carboxylic acids is 7. The zero-order valence-corrected chi connectivity index (χ0v) is 39.6. The summed E-state index contributed by atoms with van der Waals surface area (Å²) in [5, 5.41) is 17.5. The predicted octanol–water partition coefficient (Wildman–Crippen LogP) is 3.78. The zero-order chi connectivity index (χ0) is 47.4. The Balaban J connectivity index is 0.000000198. The molecular weight excluding hydrogens is 896 g/mol. The van der Waals surface area contributed by atoms with Gasteiger partial charge in [-0.15, -0.1) is 11.3 Å². The maximum atomic E-state index is 13.1. The van der Waals surface area contributed by atoms with Crippen LogP contribution in [0, 0.1) is 23.7 Å². The SMILES string of the molecule is COC(=O)[C@@H]1[C@@H](CC2CCN(C(=O)OC(C)(C)C)CC2)C(=O)N1C(=O)N1CCNCC1.O=C(O)[C@@H]1[C@@H](CC2CCNCC2)C(=O)N1C(=O)N1CCN(C(=O)c2sc3ccccc3c2Cl)CC1. The summed E-state index contributed by atoms with van der Waals surface area (Å²) in [6.45, 7) is 11.7. The van der Waals surface area contributed by atoms with Crippen molar-refractivity contribution in [3.05, 3.63) is 34.2 Å². The maximum Gasteiger partial charge on any atom is 0.410 e. The Morgan fingerprint density at radius 2 is 1.23 bits per heavy atom. The predicted molar refractivity (Wildman–Crippen MR) is 243 cm³/mol. The number of piperazine rings is 2. The molecule has 360 valence electrons. The number of methoxy groups -OCH3 is 1. The fraction of sp³-hybridized carbons (Fsp3) is 0.644. The third-order valence-electron chi connectivity index (χ3n) is 13.4. The number of halogens is 1. The number of carbonyl (C=O) groups is 8. The van der Waals surface area contributed by atoms with E-state index in [4.69, 9.17) is 21.1 Å². The lowest BCUT2D eigenvalue weighted by Crippen LogP contribution is -2.69. The number of hydrogen-bond donors (Lipinski definition) is 3. The molecule has 0 spiro atoms. The van der Waals surface area contributed by atoms with Gasteiger partial charge in [0, 0.05) is 75.5 Å². The van der Waals surface area contributed by atoms with E-state index in [1.165, 1.54) is 23.3 Å². The number of carboxylic acid groups (broad SMARTS) is 1. The van der Waals surface area contributed by atoms with E-state index < -0.39 is 59.4 Å². The second kappa shape index (κ2) is 20.9. The number of urea groups is 2. The fourth-order valence-electron chi connectivity index (χ4n) is 9.73. The highest BCUT2D eigenvalue weighted by molar-refractivity contribution is 7.21. The molecule has 0 bridgehead atoms. The molecule has 21 heteroatoms. The molecule has 8 rings (SSSR count). The highest BCUT2D eigenvalue weighted by atomic mass is 35.5. The van der Waals surface area contributed by atoms with Gasteiger partial charge in [-0.2, -0.15) is 0 Å². The smallest absolute Gasteiger partial charge is 0.410 e. The minimum Gasteiger partial charge on any atom is -0.480 e. The molecule has 19 nitrogen and oxygen atoms in total. The average Bonchev–Trinajstić information content (AvgIpc) is 3.65. The largest absolute Gasteiger partial charge is 0.480 e. The van der Waals surface area contributed by atoms with Crippen LogP contribution in [0.1, 0.15) is 69.0 Å². The van der Waals surface area contributed by atoms with Gasteiger partial charge < -0.3 is 44.8 Å². The van der Waals surface area contributed by atoms with Gasteiger partial charge >= 0.3 is 30.1 Å². The number of esters is 1. The lowest BCUT2D eigenvalue weighted by Gasteiger charge is -2.47. The zero-order valence-electron chi connectivity index (χ0n) is 38.0. The number of fused-ring (bicyclic) bond motifs is 1. The molecule has 8 amide bonds. The van der Waals surface area contributed by atoms with E-state index in [-0.39, 0.29) is 50.0 Å². The van der Waals surface area contributed by atoms with Gasteiger partial charge in [-0.05, 0) is 90.3 Å². The molecular formula is C45H61ClN8O11S. The summed E-state index contributed by atoms with van der Waals surface area (Å²) < 4.78 is 11.3. The van der Waals surface area contributed by atoms with Crippen molar-refractivity contribution >= 4 is 80.8 Å². The molecule has 0 radical (unpaired) electrons. The van der Waals surface area contributed by atoms with Crippen LogP contribution in [0.2, 0.25) is 5.02 Å². The van der Waals surface area contributed by atoms with Gasteiger partial charge in [-0.25, -0.2) is 33.8 Å². The Hall–Kier alpha value is -5.05. The Bertz CT molecular complexity index is 2170. The van der Waals surface area contributed by atoms with Crippen molar-refractivity contribution in [3.63, 3.8) is 0 Å². The third-order valence-corrected chi connectivity index (χ3v) is 15.1. The van der Waals surface area contributed by atoms with E-state index in [1.807, 2.05) is 45.0 Å². The maximum absolute atomic E-state index is 13.1. The summed E-state index contributed by atoms with van der Waals surface area (Å²) >= 11 is 7.80. The summed E-state index contributed by atoms with van der Waals surface area (Å²) in [7, 11) is 1.27. The molecule has 0 unspecified atom stereocenters. The summed E-state index contributed by atoms with van der Waals surface area (Å²) in [5.74, 6) is -3.34. The number of benzene rings is 1. The third kappa shape index (κ3) is 10.6. The number of thiophene rings is 1. The number of ether oxygens (including phenoxy) is 2. The summed E-state index contributed by atoms with van der Waals surface area (Å²) in [4.78, 5) is 110. The molecule has 1 aromatic heterocycles. The molecule has 3 N–H and O–H groups in total. The highest BCUT2D eigenvalue weighted by Crippen LogP contribution is 2.39. The first kappa shape index (κ1) is 48.9. The first-order valence-electron chi connectivity index (χ1n) is 22.9. The average molecular weight is 958 g/mol. The molecule has 2 aromatic rings. The van der Waals surface area contributed by atoms with E-state index >= 15 is 0 Å². The minimum atomic E-state index is -1.15. The monoisotopic (exact) mass is 956 g/mol. The number of carboxylic acids is 1. The standard InChI is InChI=1S/C24H27ClN4O5S.C21H34N4O6/c25-18-15-3-1-2-4-17(15)35-20(18)22(31)27-9-11-28(12-10-27)24(34)29-19(23(32)33)16(21(29)30)13-14-5-7-26-8-6-14;1-21(2,3)31-20(29)24-9-5-14(6-10-24)13-15-16(18(27)30-4)25(17(15)26)19(28)23-11-7-22-8-12-23/h1-4,14,16,19,26H,5-13H2,(H,32,33);14-16,22H,5-13H2,1-4H3/t16-,19+;15-,16+/m11/s1. The van der Waals surface area contributed by atoms with Crippen LogP contribution in [0.25, 0.3) is 10.1 Å². The summed E-state index contributed by atoms with van der Waals surface area (Å²) in [6.07, 6.45) is 3.94. The van der Waals surface area contributed by atoms with Crippen molar-refractivity contribution in [1.82, 2.24) is 40.0 Å². The topological polar surface area (TPSA) is 219 Å². The second-order valence-electron chi connectivity index (χ2n) is 18.8. The van der Waals surface area contributed by atoms with Crippen LogP contribution < -0.4 is 10.6 Å². The molecule has 0 saturated carbocycles. The van der Waals surface area contributed by atoms with Crippen LogP contribution in [0.3, 0.4) is 0 Å². The quantitative estimate of drug-likeness (QED) is 0.266. The van der Waals surface area contributed by atoms with Gasteiger partial charge in [0.1, 0.15) is 10.5 Å². The molecule has 0 aliphatic carbocycles. The van der Waals surface area contributed by atoms with Crippen LogP contribution in [0.5, 0.6) is 0 Å². The van der Waals surface area contributed by atoms with Gasteiger partial charge in [0.15, 0.2) is 12.1 Å². The Labute approximate surface area is 393 Å². The number of nitrogens with zero attached hydrogens (tertiary/aromatic N) is 6. The number of amides is 8. The number of piperidine rings is 2. The molecule has 6 fully saturated rings. The van der Waals surface area contributed by atoms with Crippen LogP contribution >= 0.6 is 22.9 Å². The van der Waals surface area contributed by atoms with E-state index in [1.54, 1.807) is 14.7 Å². The molecule has 6 saturated heterocycles. The fourth-order valence-corrected chi connectivity index (χ4v) is 11.2. The molecule has 1 aromatic carbocycles. The van der Waals surface area contributed by atoms with Crippen molar-refractivity contribution in [2.24, 2.45) is 23.7 Å². The number of aliphatic carboxylic acids is 1. The normalized spacial score (nSPS) is 24.3. The van der Waals surface area contributed by atoms with Crippen molar-refractivity contribution in [2.45, 2.75) is 77.0 Å². The number of β-lactam (4-membered cyclic amide) rings is 2. The van der Waals surface area contributed by atoms with Crippen LogP contribution in [0.4, 0.5) is 14.4 Å². The van der Waals surface area contributed by atoms with E-state index in [2.05, 4.69) is 10.6 Å². The van der Waals surface area contributed by atoms with Crippen LogP contribution in [0.15, 0.2) is 24.3 Å². The van der Waals surface area contributed by atoms with Gasteiger partial charge in [0.05, 0.1) is 24.0 Å². The van der Waals surface area contributed by atoms with E-state index in [0.29, 0.717) is 67.9 Å². The number of rotatable bonds is 7. The van der Waals surface area contributed by atoms with Gasteiger partial charge in [0.25, 0.3) is 5.91 Å². The molecule has 4 atom stereocenters. The lowest BCUT2D eigenvalue weighted by molar-refractivity contribution is -0.169. The van der Waals surface area contributed by atoms with Crippen molar-refractivity contribution in [2.75, 3.05) is 85.6 Å². The molecule has 6 aliphatic heterocycles. The van der Waals surface area contributed by atoms with Crippen molar-refractivity contribution in [3.8, 4) is 0 Å². The summed E-state index contributed by atoms with van der Waals surface area (Å²) in [6, 6.07) is 4.56. The molecule has 7 heterocycles. The highest BCUT2D eigenvalue weighted by Gasteiger charge is 2.57. The Morgan fingerprint density at radius 1 is 0.712 bits per heavy atom. The van der Waals surface area contributed by atoms with Gasteiger partial charge in [-0.1, -0.05) is 29.8 Å². The Morgan fingerprint density at radius 3 is 1.79 bits per heavy atom. The number of nitrogens with one attached hydrogen (secondary N) is 2.